The fourth-order valence-electron chi connectivity index (χ4n) is 0.478. The van der Waals surface area contributed by atoms with E-state index in [-0.39, 0.29) is 0 Å². The Morgan fingerprint density at radius 1 is 1.78 bits per heavy atom. The van der Waals surface area contributed by atoms with Crippen molar-refractivity contribution in [3.63, 3.8) is 0 Å². The molecule has 1 aromatic rings. The number of anilines is 1. The van der Waals surface area contributed by atoms with Crippen molar-refractivity contribution >= 4 is 21.7 Å². The van der Waals surface area contributed by atoms with Crippen LogP contribution >= 0.6 is 15.9 Å². The summed E-state index contributed by atoms with van der Waals surface area (Å²) in [5.41, 5.74) is 0. The Morgan fingerprint density at radius 3 is 3.33 bits per heavy atom. The minimum atomic E-state index is -2.19. The summed E-state index contributed by atoms with van der Waals surface area (Å²) in [6, 6.07) is 5.03. The molecule has 0 saturated heterocycles. The monoisotopic (exact) mass is 189 g/mol. The first kappa shape index (κ1) is 3.56. The zero-order valence-corrected chi connectivity index (χ0v) is 6.14. The van der Waals surface area contributed by atoms with E-state index in [1.807, 2.05) is 0 Å². The van der Waals surface area contributed by atoms with Crippen LogP contribution in [-0.2, 0) is 0 Å². The van der Waals surface area contributed by atoms with Crippen molar-refractivity contribution in [3.8, 4) is 0 Å². The lowest BCUT2D eigenvalue weighted by molar-refractivity contribution is 1.25. The average molecular weight is 190 g/mol. The quantitative estimate of drug-likeness (QED) is 0.684. The van der Waals surface area contributed by atoms with Crippen LogP contribution in [0.5, 0.6) is 0 Å². The van der Waals surface area contributed by atoms with Crippen LogP contribution in [0, 0.1) is 0 Å². The van der Waals surface area contributed by atoms with Gasteiger partial charge in [-0.05, 0) is 28.1 Å². The van der Waals surface area contributed by atoms with E-state index in [0.717, 1.165) is 0 Å². The molecule has 2 nitrogen and oxygen atoms in total. The molecule has 1 aromatic heterocycles. The van der Waals surface area contributed by atoms with Crippen LogP contribution in [0.1, 0.15) is 4.11 Å². The van der Waals surface area contributed by atoms with Gasteiger partial charge in [0.1, 0.15) is 10.4 Å². The Kier molecular flexibility index (Phi) is 1.12. The molecular formula is C6H7BrN2. The SMILES string of the molecule is [2H]C([2H])([2H])Nc1cccc(Br)n1. The van der Waals surface area contributed by atoms with Crippen LogP contribution < -0.4 is 5.32 Å². The van der Waals surface area contributed by atoms with E-state index in [0.29, 0.717) is 10.4 Å². The van der Waals surface area contributed by atoms with E-state index in [4.69, 9.17) is 4.11 Å². The van der Waals surface area contributed by atoms with Crippen molar-refractivity contribution in [2.24, 2.45) is 0 Å². The standard InChI is InChI=1S/C6H7BrN2/c1-8-6-4-2-3-5(7)9-6/h2-4H,1H3,(H,8,9)/i1D3. The topological polar surface area (TPSA) is 24.9 Å². The largest absolute Gasteiger partial charge is 0.373 e. The molecule has 0 fully saturated rings. The van der Waals surface area contributed by atoms with Crippen LogP contribution in [0.3, 0.4) is 0 Å². The van der Waals surface area contributed by atoms with E-state index >= 15 is 0 Å². The highest BCUT2D eigenvalue weighted by Crippen LogP contribution is 2.08. The number of hydrogen-bond donors (Lipinski definition) is 1. The van der Waals surface area contributed by atoms with E-state index in [1.165, 1.54) is 0 Å². The fraction of sp³-hybridized carbons (Fsp3) is 0.167. The van der Waals surface area contributed by atoms with Crippen molar-refractivity contribution in [3.05, 3.63) is 22.8 Å². The molecule has 1 N–H and O–H groups in total. The molecule has 1 heterocycles. The van der Waals surface area contributed by atoms with Gasteiger partial charge in [-0.15, -0.1) is 0 Å². The van der Waals surface area contributed by atoms with Crippen LogP contribution in [0.2, 0.25) is 0 Å². The molecule has 0 radical (unpaired) electrons. The first-order valence-corrected chi connectivity index (χ1v) is 3.17. The fourth-order valence-corrected chi connectivity index (χ4v) is 0.822. The second-order valence-electron chi connectivity index (χ2n) is 1.47. The van der Waals surface area contributed by atoms with E-state index in [9.17, 15) is 0 Å². The average Bonchev–Trinajstić information content (AvgIpc) is 1.82. The molecule has 0 aromatic carbocycles. The van der Waals surface area contributed by atoms with Crippen LogP contribution in [-0.4, -0.2) is 12.0 Å². The molecule has 0 aliphatic carbocycles. The van der Waals surface area contributed by atoms with Crippen LogP contribution in [0.15, 0.2) is 22.8 Å². The maximum Gasteiger partial charge on any atom is 0.126 e. The lowest BCUT2D eigenvalue weighted by Crippen LogP contribution is -1.90. The van der Waals surface area contributed by atoms with E-state index < -0.39 is 6.98 Å². The second kappa shape index (κ2) is 2.82. The molecule has 1 rings (SSSR count). The summed E-state index contributed by atoms with van der Waals surface area (Å²) < 4.78 is 21.3. The summed E-state index contributed by atoms with van der Waals surface area (Å²) in [6.07, 6.45) is 0. The summed E-state index contributed by atoms with van der Waals surface area (Å²) in [7, 11) is 0. The van der Waals surface area contributed by atoms with Gasteiger partial charge in [-0.2, -0.15) is 0 Å². The Hall–Kier alpha value is -0.570. The number of aromatic nitrogens is 1. The number of halogens is 1. The smallest absolute Gasteiger partial charge is 0.126 e. The Morgan fingerprint density at radius 2 is 2.67 bits per heavy atom. The highest BCUT2D eigenvalue weighted by molar-refractivity contribution is 9.10. The third-order valence-electron chi connectivity index (χ3n) is 0.843. The van der Waals surface area contributed by atoms with Crippen LogP contribution in [0.4, 0.5) is 5.82 Å². The van der Waals surface area contributed by atoms with Gasteiger partial charge in [0.25, 0.3) is 0 Å². The lowest BCUT2D eigenvalue weighted by Gasteiger charge is -1.96. The molecule has 0 aliphatic heterocycles. The molecular weight excluding hydrogens is 180 g/mol. The molecule has 48 valence electrons. The van der Waals surface area contributed by atoms with Gasteiger partial charge >= 0.3 is 0 Å². The second-order valence-corrected chi connectivity index (χ2v) is 2.28. The van der Waals surface area contributed by atoms with Gasteiger partial charge in [0.2, 0.25) is 0 Å². The Balaban J connectivity index is 2.77. The predicted molar refractivity (Wildman–Crippen MR) is 41.5 cm³/mol. The molecule has 0 atom stereocenters. The zero-order chi connectivity index (χ0) is 9.19. The lowest BCUT2D eigenvalue weighted by atomic mass is 10.5. The van der Waals surface area contributed by atoms with Gasteiger partial charge in [-0.1, -0.05) is 6.07 Å². The van der Waals surface area contributed by atoms with Gasteiger partial charge in [0, 0.05) is 11.1 Å². The highest BCUT2D eigenvalue weighted by atomic mass is 79.9. The number of rotatable bonds is 1. The number of nitrogens with one attached hydrogen (secondary N) is 1. The van der Waals surface area contributed by atoms with Crippen molar-refractivity contribution in [1.82, 2.24) is 4.98 Å². The third kappa shape index (κ3) is 1.68. The summed E-state index contributed by atoms with van der Waals surface area (Å²) in [4.78, 5) is 3.90. The first-order valence-electron chi connectivity index (χ1n) is 3.88. The number of pyridine rings is 1. The van der Waals surface area contributed by atoms with Gasteiger partial charge in [0.05, 0.1) is 0 Å². The third-order valence-corrected chi connectivity index (χ3v) is 1.28. The molecule has 0 saturated carbocycles. The van der Waals surface area contributed by atoms with Crippen molar-refractivity contribution < 1.29 is 4.11 Å². The van der Waals surface area contributed by atoms with Gasteiger partial charge in [-0.3, -0.25) is 0 Å². The minimum Gasteiger partial charge on any atom is -0.373 e. The summed E-state index contributed by atoms with van der Waals surface area (Å²) in [5.74, 6) is 0.337. The minimum absolute atomic E-state index is 0.337. The predicted octanol–water partition coefficient (Wildman–Crippen LogP) is 1.89. The first-order chi connectivity index (χ1) is 5.47. The molecule has 0 unspecified atom stereocenters. The van der Waals surface area contributed by atoms with Crippen molar-refractivity contribution in [1.29, 1.82) is 0 Å². The summed E-state index contributed by atoms with van der Waals surface area (Å²) in [6.45, 7) is -2.19. The summed E-state index contributed by atoms with van der Waals surface area (Å²) >= 11 is 3.13. The molecule has 9 heavy (non-hydrogen) atoms. The summed E-state index contributed by atoms with van der Waals surface area (Å²) in [5, 5.41) is 2.28. The molecule has 0 spiro atoms. The molecule has 3 heteroatoms. The highest BCUT2D eigenvalue weighted by Gasteiger charge is 1.87. The number of hydrogen-bond acceptors (Lipinski definition) is 2. The maximum atomic E-state index is 6.91. The normalized spacial score (nSPS) is 15.4. The van der Waals surface area contributed by atoms with Crippen molar-refractivity contribution in [2.75, 3.05) is 12.3 Å². The molecule has 0 amide bonds. The van der Waals surface area contributed by atoms with Gasteiger partial charge in [-0.25, -0.2) is 4.98 Å². The van der Waals surface area contributed by atoms with Gasteiger partial charge < -0.3 is 5.32 Å². The maximum absolute atomic E-state index is 6.91. The Labute approximate surface area is 66.6 Å². The van der Waals surface area contributed by atoms with Gasteiger partial charge in [0.15, 0.2) is 0 Å². The number of nitrogens with zero attached hydrogens (tertiary/aromatic N) is 1. The molecule has 0 bridgehead atoms. The van der Waals surface area contributed by atoms with Crippen molar-refractivity contribution in [2.45, 2.75) is 0 Å². The van der Waals surface area contributed by atoms with E-state index in [1.54, 1.807) is 18.2 Å². The molecule has 0 aliphatic rings. The van der Waals surface area contributed by atoms with E-state index in [2.05, 4.69) is 26.2 Å². The Bertz CT molecular complexity index is 274. The zero-order valence-electron chi connectivity index (χ0n) is 7.56. The van der Waals surface area contributed by atoms with Crippen LogP contribution in [0.25, 0.3) is 0 Å².